The van der Waals surface area contributed by atoms with E-state index in [0.717, 1.165) is 31.5 Å². The summed E-state index contributed by atoms with van der Waals surface area (Å²) in [5.41, 5.74) is 0.448. The van der Waals surface area contributed by atoms with Crippen molar-refractivity contribution in [3.05, 3.63) is 35.9 Å². The highest BCUT2D eigenvalue weighted by Crippen LogP contribution is 2.32. The van der Waals surface area contributed by atoms with Gasteiger partial charge in [-0.3, -0.25) is 4.79 Å². The zero-order valence-corrected chi connectivity index (χ0v) is 12.7. The Balaban J connectivity index is 2.13. The summed E-state index contributed by atoms with van der Waals surface area (Å²) in [6.07, 6.45) is 2.27. The molecule has 1 saturated heterocycles. The minimum Gasteiger partial charge on any atom is -0.481 e. The Morgan fingerprint density at radius 3 is 2.30 bits per heavy atom. The lowest BCUT2D eigenvalue weighted by atomic mass is 9.79. The molecular formula is C17H25NO2. The van der Waals surface area contributed by atoms with E-state index < -0.39 is 11.4 Å². The third-order valence-corrected chi connectivity index (χ3v) is 4.63. The van der Waals surface area contributed by atoms with Crippen molar-refractivity contribution in [3.63, 3.8) is 0 Å². The quantitative estimate of drug-likeness (QED) is 0.917. The van der Waals surface area contributed by atoms with Crippen molar-refractivity contribution in [2.75, 3.05) is 19.6 Å². The number of carboxylic acid groups (broad SMARTS) is 1. The van der Waals surface area contributed by atoms with Crippen LogP contribution in [-0.4, -0.2) is 35.6 Å². The summed E-state index contributed by atoms with van der Waals surface area (Å²) in [4.78, 5) is 14.1. The summed E-state index contributed by atoms with van der Waals surface area (Å²) < 4.78 is 0. The lowest BCUT2D eigenvalue weighted by molar-refractivity contribution is -0.144. The number of carbonyl (C=O) groups is 1. The van der Waals surface area contributed by atoms with Gasteiger partial charge in [-0.05, 0) is 43.8 Å². The van der Waals surface area contributed by atoms with Gasteiger partial charge in [-0.15, -0.1) is 0 Å². The van der Waals surface area contributed by atoms with E-state index in [9.17, 15) is 9.90 Å². The van der Waals surface area contributed by atoms with Gasteiger partial charge in [0, 0.05) is 6.54 Å². The zero-order chi connectivity index (χ0) is 14.8. The molecule has 0 amide bonds. The second-order valence-electron chi connectivity index (χ2n) is 6.94. The number of rotatable bonds is 4. The van der Waals surface area contributed by atoms with Crippen LogP contribution < -0.4 is 0 Å². The maximum absolute atomic E-state index is 11.8. The molecule has 3 heteroatoms. The van der Waals surface area contributed by atoms with Gasteiger partial charge in [0.1, 0.15) is 5.41 Å². The first-order valence-corrected chi connectivity index (χ1v) is 7.35. The molecule has 1 aromatic rings. The molecule has 0 spiro atoms. The molecule has 0 aliphatic carbocycles. The number of likely N-dealkylation sites (tertiary alicyclic amines) is 1. The van der Waals surface area contributed by atoms with Gasteiger partial charge in [-0.1, -0.05) is 44.2 Å². The van der Waals surface area contributed by atoms with Crippen LogP contribution in [0.15, 0.2) is 30.3 Å². The van der Waals surface area contributed by atoms with Gasteiger partial charge in [0.15, 0.2) is 0 Å². The molecule has 20 heavy (non-hydrogen) atoms. The molecule has 1 atom stereocenters. The lowest BCUT2D eigenvalue weighted by Gasteiger charge is -2.40. The molecular weight excluding hydrogens is 250 g/mol. The maximum Gasteiger partial charge on any atom is 0.315 e. The highest BCUT2D eigenvalue weighted by molar-refractivity contribution is 5.81. The van der Waals surface area contributed by atoms with Crippen molar-refractivity contribution < 1.29 is 9.90 Å². The smallest absolute Gasteiger partial charge is 0.315 e. The SMILES string of the molecule is CC1(C)CCN(CC(C)(C(=O)O)c2ccccc2)CC1. The summed E-state index contributed by atoms with van der Waals surface area (Å²) >= 11 is 0. The standard InChI is InChI=1S/C17H25NO2/c1-16(2)9-11-18(12-10-16)13-17(3,15(19)20)14-7-5-4-6-8-14/h4-8H,9-13H2,1-3H3,(H,19,20). The number of nitrogens with zero attached hydrogens (tertiary/aromatic N) is 1. The average Bonchev–Trinajstić information content (AvgIpc) is 2.42. The number of hydrogen-bond acceptors (Lipinski definition) is 2. The first-order valence-electron chi connectivity index (χ1n) is 7.35. The summed E-state index contributed by atoms with van der Waals surface area (Å²) in [6, 6.07) is 9.59. The Morgan fingerprint density at radius 2 is 1.80 bits per heavy atom. The Bertz CT molecular complexity index is 459. The minimum absolute atomic E-state index is 0.392. The van der Waals surface area contributed by atoms with E-state index in [-0.39, 0.29) is 0 Å². The molecule has 1 aromatic carbocycles. The molecule has 1 aliphatic rings. The van der Waals surface area contributed by atoms with Crippen LogP contribution in [0, 0.1) is 5.41 Å². The Morgan fingerprint density at radius 1 is 1.25 bits per heavy atom. The molecule has 2 rings (SSSR count). The number of benzene rings is 1. The van der Waals surface area contributed by atoms with Crippen LogP contribution >= 0.6 is 0 Å². The van der Waals surface area contributed by atoms with Crippen LogP contribution in [0.2, 0.25) is 0 Å². The molecule has 110 valence electrons. The molecule has 3 nitrogen and oxygen atoms in total. The van der Waals surface area contributed by atoms with Crippen LogP contribution in [0.3, 0.4) is 0 Å². The van der Waals surface area contributed by atoms with Crippen LogP contribution in [-0.2, 0) is 10.2 Å². The predicted molar refractivity (Wildman–Crippen MR) is 80.9 cm³/mol. The Kier molecular flexibility index (Phi) is 4.19. The van der Waals surface area contributed by atoms with Crippen LogP contribution in [0.25, 0.3) is 0 Å². The van der Waals surface area contributed by atoms with Gasteiger partial charge < -0.3 is 10.0 Å². The molecule has 1 heterocycles. The molecule has 0 bridgehead atoms. The normalized spacial score (nSPS) is 22.1. The molecule has 0 aromatic heterocycles. The second-order valence-corrected chi connectivity index (χ2v) is 6.94. The summed E-state index contributed by atoms with van der Waals surface area (Å²) in [5.74, 6) is -0.742. The number of aliphatic carboxylic acids is 1. The molecule has 0 radical (unpaired) electrons. The van der Waals surface area contributed by atoms with E-state index in [2.05, 4.69) is 18.7 Å². The van der Waals surface area contributed by atoms with Gasteiger partial charge in [0.05, 0.1) is 0 Å². The highest BCUT2D eigenvalue weighted by atomic mass is 16.4. The number of carboxylic acids is 1. The molecule has 1 fully saturated rings. The van der Waals surface area contributed by atoms with Gasteiger partial charge in [0.25, 0.3) is 0 Å². The van der Waals surface area contributed by atoms with E-state index in [1.807, 2.05) is 37.3 Å². The Labute approximate surface area is 121 Å². The number of piperidine rings is 1. The maximum atomic E-state index is 11.8. The molecule has 1 N–H and O–H groups in total. The Hall–Kier alpha value is -1.35. The van der Waals surface area contributed by atoms with E-state index in [4.69, 9.17) is 0 Å². The summed E-state index contributed by atoms with van der Waals surface area (Å²) in [6.45, 7) is 8.98. The van der Waals surface area contributed by atoms with E-state index in [0.29, 0.717) is 12.0 Å². The van der Waals surface area contributed by atoms with Gasteiger partial charge in [-0.25, -0.2) is 0 Å². The molecule has 1 unspecified atom stereocenters. The van der Waals surface area contributed by atoms with Crippen LogP contribution in [0.5, 0.6) is 0 Å². The van der Waals surface area contributed by atoms with Crippen molar-refractivity contribution in [2.24, 2.45) is 5.41 Å². The fourth-order valence-corrected chi connectivity index (χ4v) is 2.85. The fourth-order valence-electron chi connectivity index (χ4n) is 2.85. The monoisotopic (exact) mass is 275 g/mol. The van der Waals surface area contributed by atoms with Gasteiger partial charge >= 0.3 is 5.97 Å². The van der Waals surface area contributed by atoms with Gasteiger partial charge in [-0.2, -0.15) is 0 Å². The first-order chi connectivity index (χ1) is 9.33. The fraction of sp³-hybridized carbons (Fsp3) is 0.588. The van der Waals surface area contributed by atoms with Crippen LogP contribution in [0.4, 0.5) is 0 Å². The highest BCUT2D eigenvalue weighted by Gasteiger charge is 2.38. The third kappa shape index (κ3) is 3.21. The van der Waals surface area contributed by atoms with Crippen molar-refractivity contribution in [3.8, 4) is 0 Å². The largest absolute Gasteiger partial charge is 0.481 e. The zero-order valence-electron chi connectivity index (χ0n) is 12.7. The van der Waals surface area contributed by atoms with Crippen molar-refractivity contribution in [2.45, 2.75) is 39.0 Å². The predicted octanol–water partition coefficient (Wildman–Crippen LogP) is 3.15. The summed E-state index contributed by atoms with van der Waals surface area (Å²) in [5, 5.41) is 9.69. The van der Waals surface area contributed by atoms with Gasteiger partial charge in [0.2, 0.25) is 0 Å². The first kappa shape index (κ1) is 15.0. The van der Waals surface area contributed by atoms with Crippen LogP contribution in [0.1, 0.15) is 39.2 Å². The van der Waals surface area contributed by atoms with Crippen molar-refractivity contribution in [1.29, 1.82) is 0 Å². The summed E-state index contributed by atoms with van der Waals surface area (Å²) in [7, 11) is 0. The molecule has 0 saturated carbocycles. The molecule has 1 aliphatic heterocycles. The second kappa shape index (κ2) is 5.57. The van der Waals surface area contributed by atoms with Crippen molar-refractivity contribution in [1.82, 2.24) is 4.90 Å². The topological polar surface area (TPSA) is 40.5 Å². The van der Waals surface area contributed by atoms with E-state index in [1.54, 1.807) is 0 Å². The van der Waals surface area contributed by atoms with E-state index >= 15 is 0 Å². The van der Waals surface area contributed by atoms with E-state index in [1.165, 1.54) is 0 Å². The minimum atomic E-state index is -0.831. The van der Waals surface area contributed by atoms with Crippen molar-refractivity contribution >= 4 is 5.97 Å². The third-order valence-electron chi connectivity index (χ3n) is 4.63. The number of hydrogen-bond donors (Lipinski definition) is 1. The average molecular weight is 275 g/mol. The lowest BCUT2D eigenvalue weighted by Crippen LogP contribution is -2.48.